The van der Waals surface area contributed by atoms with E-state index in [4.69, 9.17) is 4.74 Å². The summed E-state index contributed by atoms with van der Waals surface area (Å²) >= 11 is 0. The van der Waals surface area contributed by atoms with Crippen molar-refractivity contribution < 1.29 is 9.84 Å². The molecule has 1 atom stereocenters. The molecule has 0 aromatic rings. The number of hydrogen-bond acceptors (Lipinski definition) is 3. The molecule has 0 saturated heterocycles. The molecular formula is C17H31NO2. The van der Waals surface area contributed by atoms with Crippen molar-refractivity contribution in [1.82, 2.24) is 5.32 Å². The number of ether oxygens (including phenoxy) is 1. The fraction of sp³-hybridized carbons (Fsp3) is 1.00. The number of hydrogen-bond donors (Lipinski definition) is 2. The van der Waals surface area contributed by atoms with E-state index in [0.29, 0.717) is 18.0 Å². The minimum atomic E-state index is -0.647. The Bertz CT molecular complexity index is 294. The average molecular weight is 281 g/mol. The van der Waals surface area contributed by atoms with E-state index in [1.54, 1.807) is 0 Å². The Morgan fingerprint density at radius 3 is 2.15 bits per heavy atom. The third kappa shape index (κ3) is 3.37. The number of rotatable bonds is 7. The van der Waals surface area contributed by atoms with Crippen LogP contribution in [0.3, 0.4) is 0 Å². The van der Waals surface area contributed by atoms with Gasteiger partial charge in [0.25, 0.3) is 0 Å². The highest BCUT2D eigenvalue weighted by Gasteiger charge is 2.50. The minimum absolute atomic E-state index is 0.399. The van der Waals surface area contributed by atoms with Crippen LogP contribution in [0.2, 0.25) is 0 Å². The molecule has 3 heteroatoms. The van der Waals surface area contributed by atoms with Gasteiger partial charge in [-0.25, -0.2) is 0 Å². The van der Waals surface area contributed by atoms with Crippen molar-refractivity contribution in [3.05, 3.63) is 0 Å². The van der Waals surface area contributed by atoms with Crippen LogP contribution in [0.1, 0.15) is 58.8 Å². The molecule has 0 spiro atoms. The molecule has 116 valence electrons. The van der Waals surface area contributed by atoms with E-state index >= 15 is 0 Å². The summed E-state index contributed by atoms with van der Waals surface area (Å²) < 4.78 is 5.62. The molecule has 4 fully saturated rings. The van der Waals surface area contributed by atoms with Crippen LogP contribution in [0.5, 0.6) is 0 Å². The fourth-order valence-electron chi connectivity index (χ4n) is 5.40. The molecule has 2 N–H and O–H groups in total. The Balaban J connectivity index is 1.42. The molecule has 4 rings (SSSR count). The number of nitrogens with one attached hydrogen (secondary N) is 1. The van der Waals surface area contributed by atoms with Crippen molar-refractivity contribution >= 4 is 0 Å². The Morgan fingerprint density at radius 2 is 1.65 bits per heavy atom. The van der Waals surface area contributed by atoms with Crippen LogP contribution in [-0.4, -0.2) is 30.6 Å². The zero-order valence-corrected chi connectivity index (χ0v) is 13.1. The quantitative estimate of drug-likeness (QED) is 0.705. The van der Waals surface area contributed by atoms with Gasteiger partial charge in [0.1, 0.15) is 0 Å². The number of aliphatic hydroxyl groups is 1. The van der Waals surface area contributed by atoms with Crippen LogP contribution in [0.25, 0.3) is 0 Å². The molecular weight excluding hydrogens is 250 g/mol. The molecule has 0 aliphatic heterocycles. The molecule has 4 aliphatic carbocycles. The molecule has 0 unspecified atom stereocenters. The largest absolute Gasteiger partial charge is 0.367 e. The zero-order chi connectivity index (χ0) is 14.2. The summed E-state index contributed by atoms with van der Waals surface area (Å²) in [5.41, 5.74) is 0.569. The van der Waals surface area contributed by atoms with Crippen LogP contribution >= 0.6 is 0 Å². The Morgan fingerprint density at radius 1 is 1.10 bits per heavy atom. The first-order valence-corrected chi connectivity index (χ1v) is 8.58. The number of aliphatic hydroxyl groups excluding tert-OH is 1. The molecule has 4 aliphatic rings. The van der Waals surface area contributed by atoms with Crippen molar-refractivity contribution in [2.45, 2.75) is 71.1 Å². The van der Waals surface area contributed by atoms with Crippen LogP contribution in [0.4, 0.5) is 0 Å². The van der Waals surface area contributed by atoms with Gasteiger partial charge in [-0.1, -0.05) is 13.8 Å². The van der Waals surface area contributed by atoms with Gasteiger partial charge in [-0.15, -0.1) is 0 Å². The van der Waals surface area contributed by atoms with Gasteiger partial charge >= 0.3 is 0 Å². The molecule has 0 aromatic carbocycles. The highest BCUT2D eigenvalue weighted by molar-refractivity contribution is 5.01. The average Bonchev–Trinajstić information content (AvgIpc) is 2.34. The molecule has 0 aromatic heterocycles. The van der Waals surface area contributed by atoms with Crippen LogP contribution < -0.4 is 5.32 Å². The van der Waals surface area contributed by atoms with Crippen LogP contribution in [-0.2, 0) is 4.74 Å². The van der Waals surface area contributed by atoms with Crippen molar-refractivity contribution in [3.8, 4) is 0 Å². The van der Waals surface area contributed by atoms with Crippen molar-refractivity contribution in [3.63, 3.8) is 0 Å². The second-order valence-electron chi connectivity index (χ2n) is 8.06. The van der Waals surface area contributed by atoms with E-state index < -0.39 is 6.29 Å². The van der Waals surface area contributed by atoms with E-state index in [2.05, 4.69) is 19.2 Å². The maximum Gasteiger partial charge on any atom is 0.167 e. The normalized spacial score (nSPS) is 40.5. The van der Waals surface area contributed by atoms with Gasteiger partial charge in [-0.05, 0) is 68.1 Å². The molecule has 3 nitrogen and oxygen atoms in total. The van der Waals surface area contributed by atoms with Gasteiger partial charge in [-0.3, -0.25) is 0 Å². The molecule has 4 saturated carbocycles. The summed E-state index contributed by atoms with van der Waals surface area (Å²) in [6.45, 7) is 5.44. The van der Waals surface area contributed by atoms with Gasteiger partial charge in [0, 0.05) is 12.6 Å². The molecule has 20 heavy (non-hydrogen) atoms. The van der Waals surface area contributed by atoms with E-state index in [9.17, 15) is 5.11 Å². The summed E-state index contributed by atoms with van der Waals surface area (Å²) in [5, 5.41) is 13.0. The van der Waals surface area contributed by atoms with Crippen molar-refractivity contribution in [2.24, 2.45) is 23.2 Å². The highest BCUT2D eigenvalue weighted by Crippen LogP contribution is 2.61. The first-order valence-electron chi connectivity index (χ1n) is 8.58. The molecule has 0 amide bonds. The first kappa shape index (κ1) is 14.8. The third-order valence-electron chi connectivity index (χ3n) is 5.81. The molecule has 4 bridgehead atoms. The highest BCUT2D eigenvalue weighted by atomic mass is 16.6. The first-order chi connectivity index (χ1) is 9.55. The minimum Gasteiger partial charge on any atom is -0.367 e. The summed E-state index contributed by atoms with van der Waals surface area (Å²) in [7, 11) is 0. The van der Waals surface area contributed by atoms with Gasteiger partial charge in [0.2, 0.25) is 0 Å². The van der Waals surface area contributed by atoms with E-state index in [-0.39, 0.29) is 0 Å². The molecule has 0 radical (unpaired) electrons. The third-order valence-corrected chi connectivity index (χ3v) is 5.81. The van der Waals surface area contributed by atoms with Crippen molar-refractivity contribution in [2.75, 3.05) is 13.2 Å². The van der Waals surface area contributed by atoms with Crippen LogP contribution in [0.15, 0.2) is 0 Å². The van der Waals surface area contributed by atoms with E-state index in [1.807, 2.05) is 0 Å². The lowest BCUT2D eigenvalue weighted by Crippen LogP contribution is -2.46. The zero-order valence-electron chi connectivity index (χ0n) is 13.1. The summed E-state index contributed by atoms with van der Waals surface area (Å²) in [4.78, 5) is 0. The lowest BCUT2D eigenvalue weighted by Gasteiger charge is -2.57. The molecule has 0 heterocycles. The lowest BCUT2D eigenvalue weighted by atomic mass is 9.49. The Labute approximate surface area is 123 Å². The van der Waals surface area contributed by atoms with Crippen molar-refractivity contribution in [1.29, 1.82) is 0 Å². The Hall–Kier alpha value is -0.120. The second kappa shape index (κ2) is 5.94. The monoisotopic (exact) mass is 281 g/mol. The standard InChI is InChI=1S/C17H31NO2/c1-12(2)18-11-16(19)20-4-3-17-8-13-5-14(9-17)7-15(6-13)10-17/h12-16,18-19H,3-11H2,1-2H3/t13?,14?,15?,16-,17?/m1/s1. The predicted molar refractivity (Wildman–Crippen MR) is 80.3 cm³/mol. The Kier molecular flexibility index (Phi) is 4.40. The maximum absolute atomic E-state index is 9.83. The van der Waals surface area contributed by atoms with Gasteiger partial charge in [0.15, 0.2) is 6.29 Å². The van der Waals surface area contributed by atoms with E-state index in [0.717, 1.165) is 30.8 Å². The summed E-state index contributed by atoms with van der Waals surface area (Å²) in [6, 6.07) is 0.399. The smallest absolute Gasteiger partial charge is 0.167 e. The lowest BCUT2D eigenvalue weighted by molar-refractivity contribution is -0.121. The van der Waals surface area contributed by atoms with Crippen LogP contribution in [0, 0.1) is 23.2 Å². The predicted octanol–water partition coefficient (Wildman–Crippen LogP) is 2.93. The summed E-state index contributed by atoms with van der Waals surface area (Å²) in [5.74, 6) is 3.02. The SMILES string of the molecule is CC(C)NC[C@H](O)OCCC12CC3CC(CC(C3)C1)C2. The fourth-order valence-corrected chi connectivity index (χ4v) is 5.40. The van der Waals surface area contributed by atoms with Gasteiger partial charge in [-0.2, -0.15) is 0 Å². The summed E-state index contributed by atoms with van der Waals surface area (Å²) in [6.07, 6.45) is 9.32. The van der Waals surface area contributed by atoms with Gasteiger partial charge < -0.3 is 15.2 Å². The second-order valence-corrected chi connectivity index (χ2v) is 8.06. The van der Waals surface area contributed by atoms with Gasteiger partial charge in [0.05, 0.1) is 6.61 Å². The topological polar surface area (TPSA) is 41.5 Å². The van der Waals surface area contributed by atoms with E-state index in [1.165, 1.54) is 38.5 Å². The maximum atomic E-state index is 9.83.